The van der Waals surface area contributed by atoms with Crippen LogP contribution in [0.3, 0.4) is 0 Å². The molecule has 0 atom stereocenters. The van der Waals surface area contributed by atoms with Crippen molar-refractivity contribution in [1.82, 2.24) is 10.2 Å². The summed E-state index contributed by atoms with van der Waals surface area (Å²) in [6.07, 6.45) is 0. The van der Waals surface area contributed by atoms with Gasteiger partial charge in [0, 0.05) is 37.3 Å². The van der Waals surface area contributed by atoms with E-state index < -0.39 is 27.1 Å². The van der Waals surface area contributed by atoms with Crippen molar-refractivity contribution in [2.75, 3.05) is 13.1 Å². The molecule has 0 spiro atoms. The number of rotatable bonds is 8. The summed E-state index contributed by atoms with van der Waals surface area (Å²) in [7, 11) is 0. The number of hydrogen-bond acceptors (Lipinski definition) is 6. The predicted octanol–water partition coefficient (Wildman–Crippen LogP) is 2.66. The Balaban J connectivity index is 2.95. The van der Waals surface area contributed by atoms with E-state index in [2.05, 4.69) is 37.9 Å². The topological polar surface area (TPSA) is 119 Å². The van der Waals surface area contributed by atoms with Crippen LogP contribution >= 0.6 is 0 Å². The first kappa shape index (κ1) is 20.5. The first-order chi connectivity index (χ1) is 11.6. The molecule has 25 heavy (non-hydrogen) atoms. The third-order valence-corrected chi connectivity index (χ3v) is 3.99. The fourth-order valence-electron chi connectivity index (χ4n) is 2.71. The van der Waals surface area contributed by atoms with Crippen molar-refractivity contribution in [3.63, 3.8) is 0 Å². The average molecular weight is 352 g/mol. The van der Waals surface area contributed by atoms with Gasteiger partial charge in [-0.05, 0) is 34.6 Å². The number of nitrogens with one attached hydrogen (secondary N) is 1. The highest BCUT2D eigenvalue weighted by molar-refractivity contribution is 5.96. The molecule has 0 bridgehead atoms. The normalized spacial score (nSPS) is 11.2. The van der Waals surface area contributed by atoms with E-state index in [4.69, 9.17) is 0 Å². The fraction of sp³-hybridized carbons (Fsp3) is 0.562. The lowest BCUT2D eigenvalue weighted by Crippen LogP contribution is -2.42. The Hall–Kier alpha value is -2.55. The first-order valence-corrected chi connectivity index (χ1v) is 8.03. The number of nitro groups is 2. The molecule has 0 saturated carbocycles. The van der Waals surface area contributed by atoms with Gasteiger partial charge in [-0.1, -0.05) is 0 Å². The molecule has 1 amide bonds. The summed E-state index contributed by atoms with van der Waals surface area (Å²) in [5, 5.41) is 24.8. The van der Waals surface area contributed by atoms with Crippen molar-refractivity contribution in [2.45, 2.75) is 46.7 Å². The van der Waals surface area contributed by atoms with Crippen molar-refractivity contribution in [3.05, 3.63) is 43.5 Å². The van der Waals surface area contributed by atoms with E-state index in [1.54, 1.807) is 0 Å². The molecule has 9 heteroatoms. The van der Waals surface area contributed by atoms with Gasteiger partial charge in [-0.25, -0.2) is 0 Å². The van der Waals surface area contributed by atoms with E-state index in [9.17, 15) is 25.0 Å². The molecule has 1 aromatic carbocycles. The van der Waals surface area contributed by atoms with Crippen molar-refractivity contribution in [2.24, 2.45) is 0 Å². The molecule has 0 radical (unpaired) electrons. The summed E-state index contributed by atoms with van der Waals surface area (Å²) in [5.41, 5.74) is -1.04. The molecule has 0 aromatic heterocycles. The van der Waals surface area contributed by atoms with E-state index >= 15 is 0 Å². The van der Waals surface area contributed by atoms with E-state index in [-0.39, 0.29) is 11.1 Å². The van der Waals surface area contributed by atoms with Crippen LogP contribution in [-0.4, -0.2) is 45.8 Å². The van der Waals surface area contributed by atoms with E-state index in [1.807, 2.05) is 0 Å². The number of hydrogen-bond donors (Lipinski definition) is 1. The quantitative estimate of drug-likeness (QED) is 0.567. The summed E-state index contributed by atoms with van der Waals surface area (Å²) < 4.78 is 0. The fourth-order valence-corrected chi connectivity index (χ4v) is 2.71. The molecular formula is C16H24N4O5. The minimum atomic E-state index is -0.724. The van der Waals surface area contributed by atoms with Gasteiger partial charge in [0.15, 0.2) is 0 Å². The van der Waals surface area contributed by atoms with Gasteiger partial charge < -0.3 is 5.32 Å². The zero-order valence-electron chi connectivity index (χ0n) is 15.1. The Labute approximate surface area is 146 Å². The van der Waals surface area contributed by atoms with Crippen LogP contribution in [-0.2, 0) is 0 Å². The second-order valence-electron chi connectivity index (χ2n) is 6.33. The predicted molar refractivity (Wildman–Crippen MR) is 93.8 cm³/mol. The van der Waals surface area contributed by atoms with Gasteiger partial charge in [0.1, 0.15) is 5.56 Å². The van der Waals surface area contributed by atoms with Gasteiger partial charge in [-0.15, -0.1) is 0 Å². The number of amides is 1. The second-order valence-corrected chi connectivity index (χ2v) is 6.33. The Bertz CT molecular complexity index is 629. The summed E-state index contributed by atoms with van der Waals surface area (Å²) in [5.74, 6) is -0.571. The zero-order chi connectivity index (χ0) is 19.3. The van der Waals surface area contributed by atoms with Crippen molar-refractivity contribution < 1.29 is 14.6 Å². The van der Waals surface area contributed by atoms with E-state index in [1.165, 1.54) is 6.92 Å². The molecule has 0 aliphatic heterocycles. The van der Waals surface area contributed by atoms with Crippen LogP contribution in [0.1, 0.15) is 43.6 Å². The summed E-state index contributed by atoms with van der Waals surface area (Å²) in [6, 6.07) is 2.75. The van der Waals surface area contributed by atoms with Crippen LogP contribution in [0, 0.1) is 27.2 Å². The summed E-state index contributed by atoms with van der Waals surface area (Å²) >= 11 is 0. The molecule has 0 heterocycles. The largest absolute Gasteiger partial charge is 0.351 e. The number of benzene rings is 1. The van der Waals surface area contributed by atoms with Gasteiger partial charge in [0.2, 0.25) is 0 Å². The number of nitrogens with zero attached hydrogens (tertiary/aromatic N) is 3. The smallest absolute Gasteiger partial charge is 0.279 e. The van der Waals surface area contributed by atoms with Gasteiger partial charge in [-0.3, -0.25) is 29.9 Å². The highest BCUT2D eigenvalue weighted by Crippen LogP contribution is 2.29. The highest BCUT2D eigenvalue weighted by atomic mass is 16.6. The lowest BCUT2D eigenvalue weighted by Gasteiger charge is -2.30. The van der Waals surface area contributed by atoms with Gasteiger partial charge in [-0.2, -0.15) is 0 Å². The van der Waals surface area contributed by atoms with Crippen molar-refractivity contribution in [1.29, 1.82) is 0 Å². The Morgan fingerprint density at radius 1 is 1.08 bits per heavy atom. The zero-order valence-corrected chi connectivity index (χ0v) is 15.1. The minimum absolute atomic E-state index is 0.0719. The second kappa shape index (κ2) is 8.52. The maximum atomic E-state index is 12.3. The SMILES string of the molecule is Cc1c([N+](=O)[O-])cc(C(=O)NCCN(C(C)C)C(C)C)cc1[N+](=O)[O-]. The van der Waals surface area contributed by atoms with Crippen LogP contribution in [0.5, 0.6) is 0 Å². The number of carbonyl (C=O) groups is 1. The lowest BCUT2D eigenvalue weighted by atomic mass is 10.1. The maximum absolute atomic E-state index is 12.3. The summed E-state index contributed by atoms with van der Waals surface area (Å²) in [4.78, 5) is 35.1. The Morgan fingerprint density at radius 2 is 1.52 bits per heavy atom. The Morgan fingerprint density at radius 3 is 1.88 bits per heavy atom. The molecule has 0 aliphatic carbocycles. The highest BCUT2D eigenvalue weighted by Gasteiger charge is 2.25. The van der Waals surface area contributed by atoms with Crippen LogP contribution in [0.15, 0.2) is 12.1 Å². The van der Waals surface area contributed by atoms with Gasteiger partial charge in [0.25, 0.3) is 17.3 Å². The molecule has 9 nitrogen and oxygen atoms in total. The van der Waals surface area contributed by atoms with Gasteiger partial charge in [0.05, 0.1) is 15.4 Å². The third-order valence-electron chi connectivity index (χ3n) is 3.99. The van der Waals surface area contributed by atoms with E-state index in [0.29, 0.717) is 25.2 Å². The molecule has 0 aliphatic rings. The molecule has 1 N–H and O–H groups in total. The maximum Gasteiger partial charge on any atom is 0.279 e. The summed E-state index contributed by atoms with van der Waals surface area (Å²) in [6.45, 7) is 10.4. The number of carbonyl (C=O) groups excluding carboxylic acids is 1. The molecule has 0 saturated heterocycles. The van der Waals surface area contributed by atoms with Gasteiger partial charge >= 0.3 is 0 Å². The monoisotopic (exact) mass is 352 g/mol. The van der Waals surface area contributed by atoms with Crippen LogP contribution in [0.4, 0.5) is 11.4 Å². The molecular weight excluding hydrogens is 328 g/mol. The lowest BCUT2D eigenvalue weighted by molar-refractivity contribution is -0.395. The molecule has 0 fully saturated rings. The first-order valence-electron chi connectivity index (χ1n) is 8.03. The molecule has 0 unspecified atom stereocenters. The van der Waals surface area contributed by atoms with Crippen LogP contribution in [0.25, 0.3) is 0 Å². The Kier molecular flexibility index (Phi) is 6.98. The van der Waals surface area contributed by atoms with E-state index in [0.717, 1.165) is 12.1 Å². The molecule has 1 rings (SSSR count). The van der Waals surface area contributed by atoms with Crippen molar-refractivity contribution >= 4 is 17.3 Å². The molecule has 138 valence electrons. The van der Waals surface area contributed by atoms with Crippen LogP contribution in [0.2, 0.25) is 0 Å². The van der Waals surface area contributed by atoms with Crippen LogP contribution < -0.4 is 5.32 Å². The molecule has 1 aromatic rings. The minimum Gasteiger partial charge on any atom is -0.351 e. The number of nitro benzene ring substituents is 2. The third kappa shape index (κ3) is 5.21. The standard InChI is InChI=1S/C16H24N4O5/c1-10(2)18(11(3)4)7-6-17-16(21)13-8-14(19(22)23)12(5)15(9-13)20(24)25/h8-11H,6-7H2,1-5H3,(H,17,21). The average Bonchev–Trinajstić information content (AvgIpc) is 2.49. The van der Waals surface area contributed by atoms with Crippen molar-refractivity contribution in [3.8, 4) is 0 Å².